The molecule has 1 saturated carbocycles. The molecule has 0 aliphatic heterocycles. The molecule has 5 heteroatoms. The first-order valence-electron chi connectivity index (χ1n) is 8.16. The molecule has 3 rings (SSSR count). The number of benzene rings is 1. The van der Waals surface area contributed by atoms with Crippen LogP contribution in [0.4, 0.5) is 0 Å². The number of fused-ring (bicyclic) bond motifs is 1. The van der Waals surface area contributed by atoms with Gasteiger partial charge < -0.3 is 14.8 Å². The van der Waals surface area contributed by atoms with Gasteiger partial charge in [-0.05, 0) is 18.9 Å². The molecule has 23 heavy (non-hydrogen) atoms. The first kappa shape index (κ1) is 15.6. The van der Waals surface area contributed by atoms with E-state index in [1.54, 1.807) is 0 Å². The van der Waals surface area contributed by atoms with Crippen molar-refractivity contribution in [3.8, 4) is 0 Å². The highest BCUT2D eigenvalue weighted by molar-refractivity contribution is 6.06. The number of carboxylic acids is 1. The summed E-state index contributed by atoms with van der Waals surface area (Å²) in [6.45, 7) is 0. The summed E-state index contributed by atoms with van der Waals surface area (Å²) in [6.07, 6.45) is 6.77. The molecule has 0 saturated heterocycles. The second-order valence-electron chi connectivity index (χ2n) is 6.16. The van der Waals surface area contributed by atoms with Crippen LogP contribution in [-0.4, -0.2) is 23.0 Å². The molecular formula is C18H21NO4. The van der Waals surface area contributed by atoms with Crippen LogP contribution >= 0.6 is 0 Å². The molecule has 1 aliphatic rings. The number of rotatable bonds is 3. The van der Waals surface area contributed by atoms with Crippen molar-refractivity contribution in [1.29, 1.82) is 0 Å². The fraction of sp³-hybridized carbons (Fsp3) is 0.444. The summed E-state index contributed by atoms with van der Waals surface area (Å²) < 4.78 is 5.40. The molecule has 122 valence electrons. The van der Waals surface area contributed by atoms with Crippen LogP contribution in [0.5, 0.6) is 0 Å². The largest absolute Gasteiger partial charge is 0.481 e. The molecule has 2 atom stereocenters. The third-order valence-corrected chi connectivity index (χ3v) is 4.63. The number of carboxylic acid groups (broad SMARTS) is 1. The molecule has 1 amide bonds. The fourth-order valence-corrected chi connectivity index (χ4v) is 3.35. The van der Waals surface area contributed by atoms with Gasteiger partial charge in [0, 0.05) is 11.4 Å². The van der Waals surface area contributed by atoms with E-state index in [9.17, 15) is 14.7 Å². The van der Waals surface area contributed by atoms with E-state index < -0.39 is 11.9 Å². The smallest absolute Gasteiger partial charge is 0.308 e. The molecule has 1 aromatic heterocycles. The molecule has 1 heterocycles. The summed E-state index contributed by atoms with van der Waals surface area (Å²) in [5, 5.41) is 13.2. The van der Waals surface area contributed by atoms with Crippen molar-refractivity contribution in [1.82, 2.24) is 5.32 Å². The highest BCUT2D eigenvalue weighted by Crippen LogP contribution is 2.25. The van der Waals surface area contributed by atoms with Crippen LogP contribution in [-0.2, 0) is 4.79 Å². The van der Waals surface area contributed by atoms with E-state index >= 15 is 0 Å². The monoisotopic (exact) mass is 315 g/mol. The Labute approximate surface area is 134 Å². The number of carbonyl (C=O) groups is 2. The van der Waals surface area contributed by atoms with Crippen molar-refractivity contribution < 1.29 is 19.1 Å². The fourth-order valence-electron chi connectivity index (χ4n) is 3.35. The summed E-state index contributed by atoms with van der Waals surface area (Å²) in [7, 11) is 0. The van der Waals surface area contributed by atoms with E-state index in [1.165, 1.54) is 6.26 Å². The Morgan fingerprint density at radius 2 is 1.83 bits per heavy atom. The SMILES string of the molecule is O=C(NC1CCCCCCC1C(=O)O)c1coc2ccccc12. The minimum atomic E-state index is -0.825. The van der Waals surface area contributed by atoms with Crippen molar-refractivity contribution in [2.24, 2.45) is 5.92 Å². The van der Waals surface area contributed by atoms with Gasteiger partial charge in [-0.2, -0.15) is 0 Å². The average molecular weight is 315 g/mol. The van der Waals surface area contributed by atoms with Crippen LogP contribution in [0.25, 0.3) is 11.0 Å². The zero-order chi connectivity index (χ0) is 16.2. The third kappa shape index (κ3) is 3.38. The second-order valence-corrected chi connectivity index (χ2v) is 6.16. The average Bonchev–Trinajstić information content (AvgIpc) is 2.93. The van der Waals surface area contributed by atoms with Crippen LogP contribution in [0.1, 0.15) is 48.9 Å². The molecule has 0 spiro atoms. The Bertz CT molecular complexity index is 706. The predicted octanol–water partition coefficient (Wildman–Crippen LogP) is 3.59. The zero-order valence-electron chi connectivity index (χ0n) is 13.0. The molecular weight excluding hydrogens is 294 g/mol. The van der Waals surface area contributed by atoms with E-state index in [4.69, 9.17) is 4.42 Å². The molecule has 0 bridgehead atoms. The molecule has 2 N–H and O–H groups in total. The number of para-hydroxylation sites is 1. The van der Waals surface area contributed by atoms with Gasteiger partial charge in [0.2, 0.25) is 0 Å². The first-order valence-corrected chi connectivity index (χ1v) is 8.16. The van der Waals surface area contributed by atoms with Gasteiger partial charge in [0.05, 0.1) is 11.5 Å². The number of carbonyl (C=O) groups excluding carboxylic acids is 1. The zero-order valence-corrected chi connectivity index (χ0v) is 13.0. The summed E-state index contributed by atoms with van der Waals surface area (Å²) in [5.41, 5.74) is 1.12. The molecule has 2 aromatic rings. The Hall–Kier alpha value is -2.30. The number of furan rings is 1. The lowest BCUT2D eigenvalue weighted by molar-refractivity contribution is -0.143. The Morgan fingerprint density at radius 1 is 1.09 bits per heavy atom. The Kier molecular flexibility index (Phi) is 4.65. The number of aliphatic carboxylic acids is 1. The van der Waals surface area contributed by atoms with Crippen LogP contribution in [0.2, 0.25) is 0 Å². The molecule has 0 radical (unpaired) electrons. The lowest BCUT2D eigenvalue weighted by Crippen LogP contribution is -2.43. The van der Waals surface area contributed by atoms with Crippen molar-refractivity contribution >= 4 is 22.8 Å². The van der Waals surface area contributed by atoms with Crippen LogP contribution in [0.15, 0.2) is 34.9 Å². The van der Waals surface area contributed by atoms with Gasteiger partial charge in [0.15, 0.2) is 0 Å². The van der Waals surface area contributed by atoms with Crippen LogP contribution < -0.4 is 5.32 Å². The molecule has 1 aliphatic carbocycles. The number of nitrogens with one attached hydrogen (secondary N) is 1. The maximum absolute atomic E-state index is 12.6. The topological polar surface area (TPSA) is 79.5 Å². The van der Waals surface area contributed by atoms with Gasteiger partial charge in [-0.3, -0.25) is 9.59 Å². The third-order valence-electron chi connectivity index (χ3n) is 4.63. The van der Waals surface area contributed by atoms with Crippen LogP contribution in [0.3, 0.4) is 0 Å². The molecule has 5 nitrogen and oxygen atoms in total. The van der Waals surface area contributed by atoms with E-state index in [0.717, 1.165) is 31.1 Å². The van der Waals surface area contributed by atoms with Crippen LogP contribution in [0, 0.1) is 5.92 Å². The molecule has 1 aromatic carbocycles. The minimum absolute atomic E-state index is 0.258. The second kappa shape index (κ2) is 6.86. The van der Waals surface area contributed by atoms with E-state index in [2.05, 4.69) is 5.32 Å². The molecule has 1 fully saturated rings. The van der Waals surface area contributed by atoms with Gasteiger partial charge >= 0.3 is 5.97 Å². The van der Waals surface area contributed by atoms with Crippen molar-refractivity contribution in [2.75, 3.05) is 0 Å². The predicted molar refractivity (Wildman–Crippen MR) is 86.3 cm³/mol. The van der Waals surface area contributed by atoms with E-state index in [1.807, 2.05) is 24.3 Å². The first-order chi connectivity index (χ1) is 11.2. The summed E-state index contributed by atoms with van der Waals surface area (Å²) in [4.78, 5) is 24.1. The standard InChI is InChI=1S/C18H21NO4/c20-17(14-11-23-16-10-6-5-7-12(14)16)19-15-9-4-2-1-3-8-13(15)18(21)22/h5-7,10-11,13,15H,1-4,8-9H2,(H,19,20)(H,21,22). The quantitative estimate of drug-likeness (QED) is 0.907. The summed E-state index contributed by atoms with van der Waals surface area (Å²) in [6, 6.07) is 7.02. The van der Waals surface area contributed by atoms with E-state index in [0.29, 0.717) is 24.0 Å². The maximum atomic E-state index is 12.6. The van der Waals surface area contributed by atoms with Gasteiger partial charge in [-0.1, -0.05) is 43.9 Å². The van der Waals surface area contributed by atoms with Crippen molar-refractivity contribution in [2.45, 2.75) is 44.6 Å². The Balaban J connectivity index is 1.80. The summed E-state index contributed by atoms with van der Waals surface area (Å²) in [5.74, 6) is -1.60. The molecule has 2 unspecified atom stereocenters. The Morgan fingerprint density at radius 3 is 2.61 bits per heavy atom. The van der Waals surface area contributed by atoms with Crippen molar-refractivity contribution in [3.63, 3.8) is 0 Å². The van der Waals surface area contributed by atoms with Gasteiger partial charge in [0.25, 0.3) is 5.91 Å². The highest BCUT2D eigenvalue weighted by atomic mass is 16.4. The highest BCUT2D eigenvalue weighted by Gasteiger charge is 2.30. The van der Waals surface area contributed by atoms with Gasteiger partial charge in [-0.15, -0.1) is 0 Å². The lowest BCUT2D eigenvalue weighted by atomic mass is 9.86. The maximum Gasteiger partial charge on any atom is 0.308 e. The van der Waals surface area contributed by atoms with Crippen molar-refractivity contribution in [3.05, 3.63) is 36.1 Å². The number of amides is 1. The van der Waals surface area contributed by atoms with Gasteiger partial charge in [-0.25, -0.2) is 0 Å². The number of hydrogen-bond acceptors (Lipinski definition) is 3. The lowest BCUT2D eigenvalue weighted by Gasteiger charge is -2.27. The van der Waals surface area contributed by atoms with Gasteiger partial charge in [0.1, 0.15) is 11.8 Å². The van der Waals surface area contributed by atoms with E-state index in [-0.39, 0.29) is 11.9 Å². The summed E-state index contributed by atoms with van der Waals surface area (Å²) >= 11 is 0. The minimum Gasteiger partial charge on any atom is -0.481 e. The number of hydrogen-bond donors (Lipinski definition) is 2. The normalized spacial score (nSPS) is 22.3.